The van der Waals surface area contributed by atoms with E-state index in [1.165, 1.54) is 22.7 Å². The molecule has 116 valence electrons. The Bertz CT molecular complexity index is 719. The Morgan fingerprint density at radius 2 is 2.10 bits per heavy atom. The van der Waals surface area contributed by atoms with Crippen molar-refractivity contribution >= 4 is 37.8 Å². The topological polar surface area (TPSA) is 92.2 Å². The first-order valence-electron chi connectivity index (χ1n) is 6.36. The summed E-state index contributed by atoms with van der Waals surface area (Å²) in [5.41, 5.74) is 0.614. The van der Waals surface area contributed by atoms with Gasteiger partial charge in [-0.25, -0.2) is 8.42 Å². The van der Waals surface area contributed by atoms with Crippen LogP contribution in [0.25, 0.3) is 0 Å². The Balaban J connectivity index is 2.25. The van der Waals surface area contributed by atoms with Gasteiger partial charge in [0.25, 0.3) is 10.0 Å². The molecule has 0 fully saturated rings. The molecule has 0 aromatic carbocycles. The summed E-state index contributed by atoms with van der Waals surface area (Å²) in [5, 5.41) is 19.9. The molecule has 2 aromatic heterocycles. The number of hydrogen-bond donors (Lipinski definition) is 2. The van der Waals surface area contributed by atoms with Gasteiger partial charge >= 0.3 is 0 Å². The number of aryl methyl sites for hydroxylation is 1. The zero-order chi connectivity index (χ0) is 15.6. The largest absolute Gasteiger partial charge is 0.391 e. The molecule has 2 rings (SSSR count). The Morgan fingerprint density at radius 3 is 2.71 bits per heavy atom. The number of nitrogens with zero attached hydrogens (tertiary/aromatic N) is 2. The third kappa shape index (κ3) is 3.79. The number of thiophene rings is 1. The van der Waals surface area contributed by atoms with Crippen LogP contribution < -0.4 is 4.72 Å². The highest BCUT2D eigenvalue weighted by Crippen LogP contribution is 2.29. The minimum atomic E-state index is -3.75. The van der Waals surface area contributed by atoms with Gasteiger partial charge in [0, 0.05) is 6.42 Å². The van der Waals surface area contributed by atoms with Crippen molar-refractivity contribution < 1.29 is 13.5 Å². The molecule has 2 aromatic rings. The molecule has 0 atom stereocenters. The van der Waals surface area contributed by atoms with Crippen LogP contribution in [0.3, 0.4) is 0 Å². The lowest BCUT2D eigenvalue weighted by Gasteiger charge is -2.06. The van der Waals surface area contributed by atoms with E-state index in [-0.39, 0.29) is 16.6 Å². The summed E-state index contributed by atoms with van der Waals surface area (Å²) in [6.07, 6.45) is 0.763. The second-order valence-electron chi connectivity index (χ2n) is 5.03. The Labute approximate surface area is 131 Å². The van der Waals surface area contributed by atoms with Gasteiger partial charge in [-0.3, -0.25) is 4.72 Å². The lowest BCUT2D eigenvalue weighted by molar-refractivity contribution is 0.282. The van der Waals surface area contributed by atoms with Crippen LogP contribution >= 0.6 is 22.7 Å². The fraction of sp³-hybridized carbons (Fsp3) is 0.500. The lowest BCUT2D eigenvalue weighted by atomic mass is 10.1. The molecule has 0 saturated heterocycles. The van der Waals surface area contributed by atoms with E-state index in [4.69, 9.17) is 0 Å². The van der Waals surface area contributed by atoms with Gasteiger partial charge < -0.3 is 5.11 Å². The summed E-state index contributed by atoms with van der Waals surface area (Å²) < 4.78 is 27.3. The van der Waals surface area contributed by atoms with Crippen molar-refractivity contribution in [1.29, 1.82) is 0 Å². The summed E-state index contributed by atoms with van der Waals surface area (Å²) in [6.45, 7) is 5.53. The van der Waals surface area contributed by atoms with Crippen LogP contribution in [0.1, 0.15) is 29.3 Å². The van der Waals surface area contributed by atoms with E-state index in [0.29, 0.717) is 16.4 Å². The van der Waals surface area contributed by atoms with Crippen molar-refractivity contribution in [2.24, 2.45) is 5.92 Å². The molecular formula is C12H17N3O3S3. The number of nitrogens with one attached hydrogen (secondary N) is 1. The van der Waals surface area contributed by atoms with Gasteiger partial charge in [-0.2, -0.15) is 0 Å². The monoisotopic (exact) mass is 347 g/mol. The van der Waals surface area contributed by atoms with Crippen molar-refractivity contribution in [3.8, 4) is 0 Å². The van der Waals surface area contributed by atoms with E-state index in [1.807, 2.05) is 0 Å². The molecule has 0 aliphatic carbocycles. The maximum absolute atomic E-state index is 12.4. The number of anilines is 1. The van der Waals surface area contributed by atoms with E-state index in [0.717, 1.165) is 11.4 Å². The van der Waals surface area contributed by atoms with Gasteiger partial charge in [0.1, 0.15) is 9.90 Å². The summed E-state index contributed by atoms with van der Waals surface area (Å²) in [6, 6.07) is 0. The third-order valence-corrected chi connectivity index (χ3v) is 6.45. The standard InChI is InChI=1S/C12H17N3O3S3/c1-7(2)4-10-13-14-12(20-10)15-21(17,18)11-8(3)6-19-9(11)5-16/h6-7,16H,4-5H2,1-3H3,(H,14,15). The molecule has 0 radical (unpaired) electrons. The highest BCUT2D eigenvalue weighted by molar-refractivity contribution is 7.93. The molecule has 0 aliphatic heterocycles. The van der Waals surface area contributed by atoms with Crippen molar-refractivity contribution in [3.63, 3.8) is 0 Å². The number of rotatable bonds is 6. The minimum Gasteiger partial charge on any atom is -0.391 e. The third-order valence-electron chi connectivity index (χ3n) is 2.67. The molecule has 9 heteroatoms. The number of hydrogen-bond acceptors (Lipinski definition) is 7. The fourth-order valence-corrected chi connectivity index (χ4v) is 5.70. The van der Waals surface area contributed by atoms with Crippen molar-refractivity contribution in [1.82, 2.24) is 10.2 Å². The maximum atomic E-state index is 12.4. The number of aliphatic hydroxyl groups excluding tert-OH is 1. The molecule has 6 nitrogen and oxygen atoms in total. The second kappa shape index (κ2) is 6.39. The molecule has 0 bridgehead atoms. The van der Waals surface area contributed by atoms with E-state index in [1.54, 1.807) is 12.3 Å². The zero-order valence-electron chi connectivity index (χ0n) is 12.0. The Hall–Kier alpha value is -1.03. The maximum Gasteiger partial charge on any atom is 0.265 e. The van der Waals surface area contributed by atoms with Crippen LogP contribution in [0.2, 0.25) is 0 Å². The predicted octanol–water partition coefficient (Wildman–Crippen LogP) is 2.40. The van der Waals surface area contributed by atoms with Crippen LogP contribution in [-0.4, -0.2) is 23.7 Å². The van der Waals surface area contributed by atoms with Gasteiger partial charge in [-0.05, 0) is 23.8 Å². The Kier molecular flexibility index (Phi) is 4.97. The molecule has 2 N–H and O–H groups in total. The van der Waals surface area contributed by atoms with Gasteiger partial charge in [-0.1, -0.05) is 25.2 Å². The van der Waals surface area contributed by atoms with Crippen molar-refractivity contribution in [2.45, 2.75) is 38.7 Å². The first kappa shape index (κ1) is 16.3. The minimum absolute atomic E-state index is 0.135. The molecular weight excluding hydrogens is 330 g/mol. The summed E-state index contributed by atoms with van der Waals surface area (Å²) in [4.78, 5) is 0.558. The quantitative estimate of drug-likeness (QED) is 0.837. The average Bonchev–Trinajstić information content (AvgIpc) is 2.94. The highest BCUT2D eigenvalue weighted by atomic mass is 32.2. The fourth-order valence-electron chi connectivity index (χ4n) is 1.85. The highest BCUT2D eigenvalue weighted by Gasteiger charge is 2.24. The zero-order valence-corrected chi connectivity index (χ0v) is 14.4. The van der Waals surface area contributed by atoms with E-state index in [2.05, 4.69) is 28.8 Å². The van der Waals surface area contributed by atoms with Gasteiger partial charge in [0.05, 0.1) is 11.5 Å². The van der Waals surface area contributed by atoms with Crippen LogP contribution in [0.4, 0.5) is 5.13 Å². The van der Waals surface area contributed by atoms with Gasteiger partial charge in [0.15, 0.2) is 0 Å². The summed E-state index contributed by atoms with van der Waals surface area (Å²) in [5.74, 6) is 0.433. The van der Waals surface area contributed by atoms with Crippen LogP contribution in [0.15, 0.2) is 10.3 Å². The van der Waals surface area contributed by atoms with Gasteiger partial charge in [0.2, 0.25) is 5.13 Å². The SMILES string of the molecule is Cc1csc(CO)c1S(=O)(=O)Nc1nnc(CC(C)C)s1. The van der Waals surface area contributed by atoms with E-state index in [9.17, 15) is 13.5 Å². The first-order chi connectivity index (χ1) is 9.83. The number of aromatic nitrogens is 2. The lowest BCUT2D eigenvalue weighted by Crippen LogP contribution is -2.14. The first-order valence-corrected chi connectivity index (χ1v) is 9.54. The van der Waals surface area contributed by atoms with E-state index < -0.39 is 10.0 Å². The molecule has 21 heavy (non-hydrogen) atoms. The normalized spacial score (nSPS) is 12.0. The number of sulfonamides is 1. The molecule has 0 unspecified atom stereocenters. The molecule has 2 heterocycles. The van der Waals surface area contributed by atoms with Crippen molar-refractivity contribution in [2.75, 3.05) is 4.72 Å². The predicted molar refractivity (Wildman–Crippen MR) is 84.2 cm³/mol. The smallest absolute Gasteiger partial charge is 0.265 e. The van der Waals surface area contributed by atoms with Gasteiger partial charge in [-0.15, -0.1) is 21.5 Å². The van der Waals surface area contributed by atoms with E-state index >= 15 is 0 Å². The van der Waals surface area contributed by atoms with Crippen LogP contribution in [0.5, 0.6) is 0 Å². The molecule has 0 aliphatic rings. The molecule has 0 amide bonds. The molecule has 0 spiro atoms. The number of aliphatic hydroxyl groups is 1. The van der Waals surface area contributed by atoms with Crippen LogP contribution in [0, 0.1) is 12.8 Å². The summed E-state index contributed by atoms with van der Waals surface area (Å²) >= 11 is 2.46. The average molecular weight is 347 g/mol. The van der Waals surface area contributed by atoms with Crippen LogP contribution in [-0.2, 0) is 23.1 Å². The second-order valence-corrected chi connectivity index (χ2v) is 8.68. The summed E-state index contributed by atoms with van der Waals surface area (Å²) in [7, 11) is -3.75. The molecule has 0 saturated carbocycles. The Morgan fingerprint density at radius 1 is 1.38 bits per heavy atom. The van der Waals surface area contributed by atoms with Crippen molar-refractivity contribution in [3.05, 3.63) is 20.8 Å².